The highest BCUT2D eigenvalue weighted by atomic mass is 16.2. The number of amides is 1. The molecule has 6 heteroatoms. The summed E-state index contributed by atoms with van der Waals surface area (Å²) in [6.07, 6.45) is 6.14. The normalized spacial score (nSPS) is 20.5. The largest absolute Gasteiger partial charge is 0.354 e. The molecule has 0 bridgehead atoms. The third-order valence-electron chi connectivity index (χ3n) is 5.24. The van der Waals surface area contributed by atoms with Crippen LogP contribution in [0, 0.1) is 6.92 Å². The van der Waals surface area contributed by atoms with Crippen LogP contribution >= 0.6 is 0 Å². The average Bonchev–Trinajstić information content (AvgIpc) is 2.99. The number of nitrogens with one attached hydrogen (secondary N) is 1. The average molecular weight is 354 g/mol. The highest BCUT2D eigenvalue weighted by Gasteiger charge is 2.26. The van der Waals surface area contributed by atoms with Gasteiger partial charge in [0.1, 0.15) is 17.8 Å². The summed E-state index contributed by atoms with van der Waals surface area (Å²) in [5.74, 6) is 0.643. The Kier molecular flexibility index (Phi) is 5.20. The van der Waals surface area contributed by atoms with Crippen LogP contribution in [0.2, 0.25) is 0 Å². The Morgan fingerprint density at radius 2 is 2.08 bits per heavy atom. The molecule has 0 spiro atoms. The van der Waals surface area contributed by atoms with Crippen LogP contribution in [0.1, 0.15) is 56.1 Å². The smallest absolute Gasteiger partial charge is 0.270 e. The first-order valence-corrected chi connectivity index (χ1v) is 9.15. The van der Waals surface area contributed by atoms with Gasteiger partial charge in [-0.2, -0.15) is 0 Å². The van der Waals surface area contributed by atoms with Crippen LogP contribution in [0.3, 0.4) is 0 Å². The van der Waals surface area contributed by atoms with Gasteiger partial charge in [0.05, 0.1) is 0 Å². The van der Waals surface area contributed by atoms with Crippen molar-refractivity contribution < 1.29 is 9.59 Å². The van der Waals surface area contributed by atoms with Gasteiger partial charge in [-0.15, -0.1) is 0 Å². The van der Waals surface area contributed by atoms with Crippen molar-refractivity contribution in [2.75, 3.05) is 18.0 Å². The van der Waals surface area contributed by atoms with Crippen molar-refractivity contribution in [1.82, 2.24) is 15.3 Å². The molecule has 1 aliphatic carbocycles. The first kappa shape index (κ1) is 18.3. The summed E-state index contributed by atoms with van der Waals surface area (Å²) in [6.45, 7) is 9.09. The molecule has 1 amide bonds. The van der Waals surface area contributed by atoms with Gasteiger partial charge < -0.3 is 10.2 Å². The summed E-state index contributed by atoms with van der Waals surface area (Å²) in [6, 6.07) is 0.419. The number of nitrogens with zero attached hydrogens (tertiary/aromatic N) is 3. The molecule has 26 heavy (non-hydrogen) atoms. The minimum Gasteiger partial charge on any atom is -0.354 e. The molecule has 6 nitrogen and oxygen atoms in total. The van der Waals surface area contributed by atoms with E-state index in [1.165, 1.54) is 6.33 Å². The minimum atomic E-state index is -0.266. The molecule has 1 aromatic rings. The number of carbonyl (C=O) groups excluding carboxylic acids is 2. The maximum Gasteiger partial charge on any atom is 0.270 e. The standard InChI is InChI=1S/C20H26N4O2/c1-12-8-13(2)16(17(25)9-12)10-21-20(26)18-15(4)19(23-11-22-18)24-7-5-6-14(24)3/h8,11,14H,5-7,9-10H2,1-4H3,(H,21,26)/t14-/m0/s1. The van der Waals surface area contributed by atoms with Crippen LogP contribution in [0.4, 0.5) is 5.82 Å². The lowest BCUT2D eigenvalue weighted by molar-refractivity contribution is -0.115. The van der Waals surface area contributed by atoms with Gasteiger partial charge in [0, 0.05) is 36.7 Å². The molecular weight excluding hydrogens is 328 g/mol. The molecule has 3 rings (SSSR count). The van der Waals surface area contributed by atoms with E-state index in [1.807, 2.05) is 26.8 Å². The Hall–Kier alpha value is -2.50. The zero-order valence-corrected chi connectivity index (χ0v) is 15.9. The van der Waals surface area contributed by atoms with Crippen LogP contribution in [0.15, 0.2) is 29.1 Å². The second kappa shape index (κ2) is 7.40. The molecule has 1 aliphatic heterocycles. The number of anilines is 1. The van der Waals surface area contributed by atoms with Crippen LogP contribution < -0.4 is 10.2 Å². The van der Waals surface area contributed by atoms with Gasteiger partial charge in [0.2, 0.25) is 0 Å². The fourth-order valence-corrected chi connectivity index (χ4v) is 3.79. The fraction of sp³-hybridized carbons (Fsp3) is 0.500. The second-order valence-corrected chi connectivity index (χ2v) is 7.29. The van der Waals surface area contributed by atoms with E-state index in [0.29, 0.717) is 23.7 Å². The van der Waals surface area contributed by atoms with Gasteiger partial charge in [-0.05, 0) is 46.1 Å². The van der Waals surface area contributed by atoms with Crippen LogP contribution in [0.25, 0.3) is 0 Å². The maximum atomic E-state index is 12.7. The Bertz CT molecular complexity index is 810. The van der Waals surface area contributed by atoms with E-state index in [0.717, 1.165) is 41.9 Å². The maximum absolute atomic E-state index is 12.7. The molecule has 2 heterocycles. The van der Waals surface area contributed by atoms with Crippen LogP contribution in [-0.4, -0.2) is 40.8 Å². The van der Waals surface area contributed by atoms with E-state index < -0.39 is 0 Å². The van der Waals surface area contributed by atoms with Crippen molar-refractivity contribution in [1.29, 1.82) is 0 Å². The van der Waals surface area contributed by atoms with E-state index >= 15 is 0 Å². The second-order valence-electron chi connectivity index (χ2n) is 7.29. The number of hydrogen-bond donors (Lipinski definition) is 1. The molecule has 0 unspecified atom stereocenters. The van der Waals surface area contributed by atoms with Gasteiger partial charge in [-0.25, -0.2) is 9.97 Å². The van der Waals surface area contributed by atoms with Crippen molar-refractivity contribution in [2.45, 2.75) is 53.0 Å². The summed E-state index contributed by atoms with van der Waals surface area (Å²) in [5, 5.41) is 2.86. The molecule has 2 aliphatic rings. The molecule has 0 aromatic carbocycles. The minimum absolute atomic E-state index is 0.0776. The van der Waals surface area contributed by atoms with Gasteiger partial charge in [-0.3, -0.25) is 9.59 Å². The molecule has 1 aromatic heterocycles. The number of aromatic nitrogens is 2. The van der Waals surface area contributed by atoms with E-state index in [1.54, 1.807) is 0 Å². The van der Waals surface area contributed by atoms with Gasteiger partial charge in [0.25, 0.3) is 5.91 Å². The zero-order valence-electron chi connectivity index (χ0n) is 15.9. The molecular formula is C20H26N4O2. The Morgan fingerprint density at radius 1 is 1.31 bits per heavy atom. The monoisotopic (exact) mass is 354 g/mol. The highest BCUT2D eigenvalue weighted by Crippen LogP contribution is 2.27. The fourth-order valence-electron chi connectivity index (χ4n) is 3.79. The number of ketones is 1. The molecule has 0 saturated carbocycles. The number of rotatable bonds is 4. The zero-order chi connectivity index (χ0) is 18.8. The lowest BCUT2D eigenvalue weighted by atomic mass is 9.92. The Balaban J connectivity index is 1.77. The van der Waals surface area contributed by atoms with E-state index in [9.17, 15) is 9.59 Å². The van der Waals surface area contributed by atoms with E-state index in [2.05, 4.69) is 27.1 Å². The molecule has 1 fully saturated rings. The number of Topliss-reactive ketones (excluding diaryl/α,β-unsaturated/α-hetero) is 1. The van der Waals surface area contributed by atoms with Crippen molar-refractivity contribution in [3.05, 3.63) is 40.4 Å². The van der Waals surface area contributed by atoms with Crippen LogP contribution in [-0.2, 0) is 4.79 Å². The third kappa shape index (κ3) is 3.54. The Labute approximate surface area is 154 Å². The molecule has 1 atom stereocenters. The SMILES string of the molecule is CC1=CC(C)=C(CNC(=O)c2ncnc(N3CCC[C@@H]3C)c2C)C(=O)C1. The number of hydrogen-bond acceptors (Lipinski definition) is 5. The van der Waals surface area contributed by atoms with Gasteiger partial charge in [-0.1, -0.05) is 11.6 Å². The molecule has 138 valence electrons. The number of allylic oxidation sites excluding steroid dienone is 3. The van der Waals surface area contributed by atoms with Gasteiger partial charge >= 0.3 is 0 Å². The lowest BCUT2D eigenvalue weighted by Crippen LogP contribution is -2.32. The molecule has 0 radical (unpaired) electrons. The predicted octanol–water partition coefficient (Wildman–Crippen LogP) is 2.74. The van der Waals surface area contributed by atoms with Crippen molar-refractivity contribution in [3.63, 3.8) is 0 Å². The number of carbonyl (C=O) groups is 2. The Morgan fingerprint density at radius 3 is 2.73 bits per heavy atom. The third-order valence-corrected chi connectivity index (χ3v) is 5.24. The van der Waals surface area contributed by atoms with Crippen molar-refractivity contribution in [2.24, 2.45) is 0 Å². The topological polar surface area (TPSA) is 75.2 Å². The summed E-state index contributed by atoms with van der Waals surface area (Å²) >= 11 is 0. The predicted molar refractivity (Wildman–Crippen MR) is 101 cm³/mol. The molecule has 1 N–H and O–H groups in total. The summed E-state index contributed by atoms with van der Waals surface area (Å²) < 4.78 is 0. The molecule has 1 saturated heterocycles. The summed E-state index contributed by atoms with van der Waals surface area (Å²) in [5.41, 5.74) is 3.81. The van der Waals surface area contributed by atoms with E-state index in [4.69, 9.17) is 0 Å². The van der Waals surface area contributed by atoms with Gasteiger partial charge in [0.15, 0.2) is 5.78 Å². The summed E-state index contributed by atoms with van der Waals surface area (Å²) in [4.78, 5) is 35.7. The van der Waals surface area contributed by atoms with E-state index in [-0.39, 0.29) is 18.2 Å². The van der Waals surface area contributed by atoms with Crippen molar-refractivity contribution >= 4 is 17.5 Å². The van der Waals surface area contributed by atoms with Crippen LogP contribution in [0.5, 0.6) is 0 Å². The lowest BCUT2D eigenvalue weighted by Gasteiger charge is -2.24. The summed E-state index contributed by atoms with van der Waals surface area (Å²) in [7, 11) is 0. The highest BCUT2D eigenvalue weighted by molar-refractivity contribution is 6.01. The quantitative estimate of drug-likeness (QED) is 0.900. The first-order chi connectivity index (χ1) is 12.4. The first-order valence-electron chi connectivity index (χ1n) is 9.15. The van der Waals surface area contributed by atoms with Crippen molar-refractivity contribution in [3.8, 4) is 0 Å².